The van der Waals surface area contributed by atoms with E-state index in [2.05, 4.69) is 5.32 Å². The van der Waals surface area contributed by atoms with E-state index in [1.807, 2.05) is 0 Å². The number of benzene rings is 1. The number of carbonyl (C=O) groups excluding carboxylic acids is 1. The van der Waals surface area contributed by atoms with Gasteiger partial charge in [-0.2, -0.15) is 0 Å². The molecule has 0 aromatic heterocycles. The van der Waals surface area contributed by atoms with Gasteiger partial charge < -0.3 is 15.2 Å². The lowest BCUT2D eigenvalue weighted by Crippen LogP contribution is -2.23. The number of carbonyl (C=O) groups is 2. The van der Waals surface area contributed by atoms with Crippen LogP contribution in [0.3, 0.4) is 0 Å². The van der Waals surface area contributed by atoms with Crippen LogP contribution in [0.15, 0.2) is 35.5 Å². The Labute approximate surface area is 105 Å². The van der Waals surface area contributed by atoms with E-state index >= 15 is 0 Å². The molecule has 0 aliphatic heterocycles. The number of aliphatic carboxylic acids is 1. The molecule has 2 N–H and O–H groups in total. The van der Waals surface area contributed by atoms with Gasteiger partial charge in [0.05, 0.1) is 12.7 Å². The number of amides is 1. The first-order chi connectivity index (χ1) is 8.45. The third kappa shape index (κ3) is 3.35. The highest BCUT2D eigenvalue weighted by molar-refractivity contribution is 5.96. The summed E-state index contributed by atoms with van der Waals surface area (Å²) in [5.74, 6) is -0.751. The highest BCUT2D eigenvalue weighted by Crippen LogP contribution is 2.11. The van der Waals surface area contributed by atoms with Crippen molar-refractivity contribution in [2.75, 3.05) is 7.11 Å². The van der Waals surface area contributed by atoms with Crippen molar-refractivity contribution in [1.29, 1.82) is 0 Å². The molecule has 0 spiro atoms. The van der Waals surface area contributed by atoms with Crippen LogP contribution >= 0.6 is 0 Å². The van der Waals surface area contributed by atoms with Crippen molar-refractivity contribution in [3.8, 4) is 5.75 Å². The molecule has 0 aliphatic carbocycles. The topological polar surface area (TPSA) is 75.6 Å². The van der Waals surface area contributed by atoms with E-state index < -0.39 is 5.97 Å². The predicted molar refractivity (Wildman–Crippen MR) is 66.5 cm³/mol. The molecule has 0 saturated heterocycles. The summed E-state index contributed by atoms with van der Waals surface area (Å²) in [6.45, 7) is 2.98. The van der Waals surface area contributed by atoms with E-state index in [4.69, 9.17) is 9.84 Å². The van der Waals surface area contributed by atoms with Gasteiger partial charge in [0.2, 0.25) is 0 Å². The van der Waals surface area contributed by atoms with Crippen LogP contribution in [-0.4, -0.2) is 24.1 Å². The van der Waals surface area contributed by atoms with Crippen LogP contribution in [0.25, 0.3) is 0 Å². The predicted octanol–water partition coefficient (Wildman–Crippen LogP) is 1.80. The molecule has 0 aliphatic rings. The Morgan fingerprint density at radius 3 is 2.17 bits per heavy atom. The minimum Gasteiger partial charge on any atom is -0.497 e. The number of hydrogen-bond donors (Lipinski definition) is 2. The molecule has 0 fully saturated rings. The minimum absolute atomic E-state index is 0.108. The van der Waals surface area contributed by atoms with Crippen molar-refractivity contribution in [1.82, 2.24) is 5.32 Å². The first-order valence-electron chi connectivity index (χ1n) is 5.32. The zero-order valence-electron chi connectivity index (χ0n) is 10.5. The molecule has 18 heavy (non-hydrogen) atoms. The number of allylic oxidation sites excluding steroid dienone is 1. The molecule has 96 valence electrons. The molecule has 0 saturated carbocycles. The molecule has 0 unspecified atom stereocenters. The van der Waals surface area contributed by atoms with Crippen LogP contribution in [0.2, 0.25) is 0 Å². The van der Waals surface area contributed by atoms with E-state index in [0.29, 0.717) is 17.0 Å². The Balaban J connectivity index is 2.82. The van der Waals surface area contributed by atoms with Crippen LogP contribution < -0.4 is 10.1 Å². The van der Waals surface area contributed by atoms with E-state index in [1.54, 1.807) is 31.2 Å². The molecule has 5 heteroatoms. The van der Waals surface area contributed by atoms with E-state index in [-0.39, 0.29) is 11.5 Å². The van der Waals surface area contributed by atoms with Gasteiger partial charge in [-0.1, -0.05) is 0 Å². The van der Waals surface area contributed by atoms with Crippen molar-refractivity contribution in [2.24, 2.45) is 0 Å². The SMILES string of the molecule is COc1ccc(C(=O)N/C(C)=C(/C)C(=O)O)cc1. The van der Waals surface area contributed by atoms with E-state index in [0.717, 1.165) is 0 Å². The fourth-order valence-corrected chi connectivity index (χ4v) is 1.24. The summed E-state index contributed by atoms with van der Waals surface area (Å²) in [6.07, 6.45) is 0. The zero-order valence-corrected chi connectivity index (χ0v) is 10.5. The van der Waals surface area contributed by atoms with Crippen LogP contribution in [0.4, 0.5) is 0 Å². The number of methoxy groups -OCH3 is 1. The molecule has 1 aromatic rings. The summed E-state index contributed by atoms with van der Waals surface area (Å²) in [6, 6.07) is 6.55. The minimum atomic E-state index is -1.05. The quantitative estimate of drug-likeness (QED) is 0.798. The molecule has 5 nitrogen and oxygen atoms in total. The van der Waals surface area contributed by atoms with Gasteiger partial charge in [-0.25, -0.2) is 4.79 Å². The second kappa shape index (κ2) is 5.86. The van der Waals surface area contributed by atoms with Gasteiger partial charge in [-0.15, -0.1) is 0 Å². The molecule has 0 atom stereocenters. The average molecular weight is 249 g/mol. The van der Waals surface area contributed by atoms with Gasteiger partial charge >= 0.3 is 5.97 Å². The first kappa shape index (κ1) is 13.8. The van der Waals surface area contributed by atoms with Crippen LogP contribution in [0.5, 0.6) is 5.75 Å². The molecule has 1 amide bonds. The highest BCUT2D eigenvalue weighted by atomic mass is 16.5. The van der Waals surface area contributed by atoms with E-state index in [1.165, 1.54) is 14.0 Å². The average Bonchev–Trinajstić information content (AvgIpc) is 2.37. The zero-order chi connectivity index (χ0) is 13.7. The monoisotopic (exact) mass is 249 g/mol. The molecule has 0 radical (unpaired) electrons. The summed E-state index contributed by atoms with van der Waals surface area (Å²) in [5, 5.41) is 11.3. The number of carboxylic acids is 1. The van der Waals surface area contributed by atoms with Crippen molar-refractivity contribution in [2.45, 2.75) is 13.8 Å². The van der Waals surface area contributed by atoms with Crippen LogP contribution in [0, 0.1) is 0 Å². The maximum Gasteiger partial charge on any atom is 0.333 e. The summed E-state index contributed by atoms with van der Waals surface area (Å²) in [5.41, 5.74) is 0.869. The molecular formula is C13H15NO4. The van der Waals surface area contributed by atoms with Crippen LogP contribution in [-0.2, 0) is 4.79 Å². The van der Waals surface area contributed by atoms with E-state index in [9.17, 15) is 9.59 Å². The van der Waals surface area contributed by atoms with Gasteiger partial charge in [-0.05, 0) is 38.1 Å². The third-order valence-corrected chi connectivity index (χ3v) is 2.54. The number of nitrogens with one attached hydrogen (secondary N) is 1. The Bertz CT molecular complexity index is 488. The third-order valence-electron chi connectivity index (χ3n) is 2.54. The summed E-state index contributed by atoms with van der Waals surface area (Å²) < 4.78 is 4.98. The number of carboxylic acid groups (broad SMARTS) is 1. The largest absolute Gasteiger partial charge is 0.497 e. The number of hydrogen-bond acceptors (Lipinski definition) is 3. The van der Waals surface area contributed by atoms with Gasteiger partial charge in [0.15, 0.2) is 0 Å². The Morgan fingerprint density at radius 1 is 1.17 bits per heavy atom. The second-order valence-electron chi connectivity index (χ2n) is 3.74. The maximum atomic E-state index is 11.8. The summed E-state index contributed by atoms with van der Waals surface area (Å²) in [4.78, 5) is 22.5. The standard InChI is InChI=1S/C13H15NO4/c1-8(13(16)17)9(2)14-12(15)10-4-6-11(18-3)7-5-10/h4-7H,1-3H3,(H,14,15)(H,16,17)/b9-8-. The molecule has 0 bridgehead atoms. The van der Waals surface area contributed by atoms with Crippen LogP contribution in [0.1, 0.15) is 24.2 Å². The summed E-state index contributed by atoms with van der Waals surface area (Å²) >= 11 is 0. The lowest BCUT2D eigenvalue weighted by molar-refractivity contribution is -0.132. The Morgan fingerprint density at radius 2 is 1.72 bits per heavy atom. The van der Waals surface area contributed by atoms with Crippen molar-refractivity contribution in [3.05, 3.63) is 41.1 Å². The number of ether oxygens (including phenoxy) is 1. The molecule has 1 aromatic carbocycles. The molecule has 0 heterocycles. The lowest BCUT2D eigenvalue weighted by Gasteiger charge is -2.07. The molecular weight excluding hydrogens is 234 g/mol. The fourth-order valence-electron chi connectivity index (χ4n) is 1.24. The second-order valence-corrected chi connectivity index (χ2v) is 3.74. The van der Waals surface area contributed by atoms with Gasteiger partial charge in [0.1, 0.15) is 5.75 Å². The first-order valence-corrected chi connectivity index (χ1v) is 5.32. The fraction of sp³-hybridized carbons (Fsp3) is 0.231. The number of rotatable bonds is 4. The lowest BCUT2D eigenvalue weighted by atomic mass is 10.2. The smallest absolute Gasteiger partial charge is 0.333 e. The highest BCUT2D eigenvalue weighted by Gasteiger charge is 2.10. The van der Waals surface area contributed by atoms with Crippen molar-refractivity contribution < 1.29 is 19.4 Å². The maximum absolute atomic E-state index is 11.8. The van der Waals surface area contributed by atoms with Gasteiger partial charge in [0, 0.05) is 11.3 Å². The molecule has 1 rings (SSSR count). The Kier molecular flexibility index (Phi) is 4.48. The van der Waals surface area contributed by atoms with Crippen molar-refractivity contribution in [3.63, 3.8) is 0 Å². The van der Waals surface area contributed by atoms with Gasteiger partial charge in [-0.3, -0.25) is 4.79 Å². The summed E-state index contributed by atoms with van der Waals surface area (Å²) in [7, 11) is 1.54. The van der Waals surface area contributed by atoms with Gasteiger partial charge in [0.25, 0.3) is 5.91 Å². The normalized spacial score (nSPS) is 11.5. The Hall–Kier alpha value is -2.30. The van der Waals surface area contributed by atoms with Crippen molar-refractivity contribution >= 4 is 11.9 Å².